The molecule has 0 bridgehead atoms. The van der Waals surface area contributed by atoms with E-state index >= 15 is 0 Å². The lowest BCUT2D eigenvalue weighted by Gasteiger charge is -2.09. The Balaban J connectivity index is 2.14. The number of para-hydroxylation sites is 1. The fraction of sp³-hybridized carbons (Fsp3) is 0. The predicted molar refractivity (Wildman–Crippen MR) is 85.8 cm³/mol. The van der Waals surface area contributed by atoms with Crippen LogP contribution in [0.3, 0.4) is 0 Å². The number of aliphatic imine (C=N–C) groups is 1. The number of pyridine rings is 1. The van der Waals surface area contributed by atoms with Crippen LogP contribution in [0.15, 0.2) is 69.3 Å². The fourth-order valence-corrected chi connectivity index (χ4v) is 2.03. The number of aromatic hydroxyl groups is 1. The largest absolute Gasteiger partial charge is 0.493 e. The van der Waals surface area contributed by atoms with Crippen molar-refractivity contribution in [2.45, 2.75) is 0 Å². The van der Waals surface area contributed by atoms with Crippen molar-refractivity contribution in [1.29, 1.82) is 0 Å². The van der Waals surface area contributed by atoms with Crippen LogP contribution < -0.4 is 11.2 Å². The predicted octanol–water partition coefficient (Wildman–Crippen LogP) is 1.38. The summed E-state index contributed by atoms with van der Waals surface area (Å²) < 4.78 is 1.00. The summed E-state index contributed by atoms with van der Waals surface area (Å²) in [6.45, 7) is 0. The highest BCUT2D eigenvalue weighted by Gasteiger charge is 2.13. The maximum atomic E-state index is 12.0. The van der Waals surface area contributed by atoms with Gasteiger partial charge in [0, 0.05) is 12.4 Å². The minimum Gasteiger partial charge on any atom is -0.493 e. The molecule has 0 radical (unpaired) electrons. The maximum Gasteiger partial charge on any atom is 0.335 e. The van der Waals surface area contributed by atoms with Gasteiger partial charge in [0.2, 0.25) is 5.88 Å². The molecule has 3 aromatic rings. The number of benzene rings is 1. The average Bonchev–Trinajstić information content (AvgIpc) is 2.56. The number of H-pyrrole nitrogens is 1. The lowest BCUT2D eigenvalue weighted by molar-refractivity contribution is 0.430. The average molecular weight is 308 g/mol. The third-order valence-electron chi connectivity index (χ3n) is 3.11. The molecule has 114 valence electrons. The van der Waals surface area contributed by atoms with E-state index in [-0.39, 0.29) is 5.56 Å². The number of hydrogen-bond acceptors (Lipinski definition) is 5. The van der Waals surface area contributed by atoms with E-state index < -0.39 is 17.1 Å². The second-order valence-corrected chi connectivity index (χ2v) is 4.61. The second kappa shape index (κ2) is 6.10. The van der Waals surface area contributed by atoms with Gasteiger partial charge in [0.15, 0.2) is 5.82 Å². The van der Waals surface area contributed by atoms with E-state index in [1.807, 2.05) is 0 Å². The molecule has 0 saturated heterocycles. The van der Waals surface area contributed by atoms with Crippen molar-refractivity contribution < 1.29 is 5.11 Å². The number of nitrogens with one attached hydrogen (secondary N) is 1. The first-order valence-corrected chi connectivity index (χ1v) is 6.75. The Bertz CT molecular complexity index is 960. The fourth-order valence-electron chi connectivity index (χ4n) is 2.03. The summed E-state index contributed by atoms with van der Waals surface area (Å²) in [5.74, 6) is -0.103. The Morgan fingerprint density at radius 1 is 1.09 bits per heavy atom. The van der Waals surface area contributed by atoms with Crippen molar-refractivity contribution in [2.24, 2.45) is 4.99 Å². The van der Waals surface area contributed by atoms with Crippen molar-refractivity contribution in [3.8, 4) is 11.6 Å². The normalized spacial score (nSPS) is 11.0. The van der Waals surface area contributed by atoms with Gasteiger partial charge in [-0.1, -0.05) is 24.3 Å². The molecule has 1 aromatic carbocycles. The summed E-state index contributed by atoms with van der Waals surface area (Å²) in [5, 5.41) is 10.3. The number of nitrogens with zero attached hydrogens (tertiary/aromatic N) is 3. The monoisotopic (exact) mass is 308 g/mol. The highest BCUT2D eigenvalue weighted by atomic mass is 16.3. The standard InChI is InChI=1S/C16H12N4O3/c21-14-12(10-18-13-8-4-5-9-17-13)15(22)20(16(23)19-14)11-6-2-1-3-7-11/h1-10,22H,(H,19,21,23)/b18-10+. The van der Waals surface area contributed by atoms with Gasteiger partial charge in [-0.2, -0.15) is 0 Å². The summed E-state index contributed by atoms with van der Waals surface area (Å²) in [6.07, 6.45) is 2.73. The number of aromatic amines is 1. The number of rotatable bonds is 3. The van der Waals surface area contributed by atoms with Gasteiger partial charge < -0.3 is 5.11 Å². The quantitative estimate of drug-likeness (QED) is 0.714. The van der Waals surface area contributed by atoms with E-state index in [9.17, 15) is 14.7 Å². The van der Waals surface area contributed by atoms with Crippen molar-refractivity contribution in [3.63, 3.8) is 0 Å². The highest BCUT2D eigenvalue weighted by Crippen LogP contribution is 2.15. The molecule has 7 heteroatoms. The molecular formula is C16H12N4O3. The number of aromatic nitrogens is 3. The third kappa shape index (κ3) is 2.93. The molecule has 2 aromatic heterocycles. The van der Waals surface area contributed by atoms with E-state index in [4.69, 9.17) is 0 Å². The molecule has 2 heterocycles. The van der Waals surface area contributed by atoms with Crippen molar-refractivity contribution in [3.05, 3.63) is 81.1 Å². The first-order chi connectivity index (χ1) is 11.2. The highest BCUT2D eigenvalue weighted by molar-refractivity contribution is 5.83. The molecule has 23 heavy (non-hydrogen) atoms. The zero-order valence-electron chi connectivity index (χ0n) is 11.9. The first kappa shape index (κ1) is 14.5. The molecule has 3 rings (SSSR count). The first-order valence-electron chi connectivity index (χ1n) is 6.75. The van der Waals surface area contributed by atoms with Gasteiger partial charge in [-0.25, -0.2) is 19.3 Å². The molecule has 0 spiro atoms. The zero-order chi connectivity index (χ0) is 16.2. The molecular weight excluding hydrogens is 296 g/mol. The molecule has 0 atom stereocenters. The van der Waals surface area contributed by atoms with Gasteiger partial charge in [-0.05, 0) is 24.3 Å². The van der Waals surface area contributed by atoms with Crippen LogP contribution in [0.1, 0.15) is 5.56 Å². The smallest absolute Gasteiger partial charge is 0.335 e. The molecule has 2 N–H and O–H groups in total. The van der Waals surface area contributed by atoms with Gasteiger partial charge in [-0.3, -0.25) is 9.78 Å². The summed E-state index contributed by atoms with van der Waals surface area (Å²) in [6, 6.07) is 13.6. The van der Waals surface area contributed by atoms with Crippen LogP contribution in [-0.2, 0) is 0 Å². The topological polar surface area (TPSA) is 100 Å². The van der Waals surface area contributed by atoms with Gasteiger partial charge in [-0.15, -0.1) is 0 Å². The zero-order valence-corrected chi connectivity index (χ0v) is 11.9. The van der Waals surface area contributed by atoms with E-state index in [0.717, 1.165) is 4.57 Å². The van der Waals surface area contributed by atoms with Crippen molar-refractivity contribution in [1.82, 2.24) is 14.5 Å². The Labute approximate surface area is 130 Å². The van der Waals surface area contributed by atoms with Crippen LogP contribution in [0.5, 0.6) is 5.88 Å². The molecule has 0 saturated carbocycles. The third-order valence-corrected chi connectivity index (χ3v) is 3.11. The van der Waals surface area contributed by atoms with Crippen LogP contribution in [0.4, 0.5) is 5.82 Å². The van der Waals surface area contributed by atoms with Crippen LogP contribution >= 0.6 is 0 Å². The van der Waals surface area contributed by atoms with E-state index in [0.29, 0.717) is 11.5 Å². The SMILES string of the molecule is O=c1[nH]c(=O)n(-c2ccccc2)c(O)c1/C=N/c1ccccn1. The molecule has 0 amide bonds. The van der Waals surface area contributed by atoms with Gasteiger partial charge in [0.05, 0.1) is 5.69 Å². The lowest BCUT2D eigenvalue weighted by atomic mass is 10.3. The Morgan fingerprint density at radius 3 is 2.52 bits per heavy atom. The summed E-state index contributed by atoms with van der Waals surface area (Å²) in [4.78, 5) is 34.1. The molecule has 0 unspecified atom stereocenters. The molecule has 0 aliphatic heterocycles. The van der Waals surface area contributed by atoms with Crippen LogP contribution in [0, 0.1) is 0 Å². The maximum absolute atomic E-state index is 12.0. The van der Waals surface area contributed by atoms with E-state index in [1.165, 1.54) is 6.21 Å². The van der Waals surface area contributed by atoms with E-state index in [2.05, 4.69) is 15.0 Å². The van der Waals surface area contributed by atoms with E-state index in [1.54, 1.807) is 54.7 Å². The van der Waals surface area contributed by atoms with Gasteiger partial charge >= 0.3 is 5.69 Å². The lowest BCUT2D eigenvalue weighted by Crippen LogP contribution is -2.31. The van der Waals surface area contributed by atoms with Crippen molar-refractivity contribution >= 4 is 12.0 Å². The summed E-state index contributed by atoms with van der Waals surface area (Å²) in [7, 11) is 0. The molecule has 7 nitrogen and oxygen atoms in total. The second-order valence-electron chi connectivity index (χ2n) is 4.61. The Kier molecular flexibility index (Phi) is 3.84. The van der Waals surface area contributed by atoms with Gasteiger partial charge in [0.25, 0.3) is 5.56 Å². The molecule has 0 aliphatic rings. The van der Waals surface area contributed by atoms with Crippen LogP contribution in [0.25, 0.3) is 5.69 Å². The minimum absolute atomic E-state index is 0.126. The molecule has 0 aliphatic carbocycles. The summed E-state index contributed by atoms with van der Waals surface area (Å²) in [5.41, 5.74) is -1.15. The number of hydrogen-bond donors (Lipinski definition) is 2. The summed E-state index contributed by atoms with van der Waals surface area (Å²) >= 11 is 0. The Hall–Kier alpha value is -3.48. The Morgan fingerprint density at radius 2 is 1.83 bits per heavy atom. The minimum atomic E-state index is -0.728. The van der Waals surface area contributed by atoms with Gasteiger partial charge in [0.1, 0.15) is 5.56 Å². The van der Waals surface area contributed by atoms with Crippen LogP contribution in [0.2, 0.25) is 0 Å². The van der Waals surface area contributed by atoms with Crippen molar-refractivity contribution in [2.75, 3.05) is 0 Å². The van der Waals surface area contributed by atoms with Crippen LogP contribution in [-0.4, -0.2) is 25.9 Å². The molecule has 0 fully saturated rings.